The van der Waals surface area contributed by atoms with E-state index in [0.717, 1.165) is 0 Å². The van der Waals surface area contributed by atoms with Gasteiger partial charge >= 0.3 is 0 Å². The van der Waals surface area contributed by atoms with Crippen LogP contribution in [0.25, 0.3) is 0 Å². The average Bonchev–Trinajstić information content (AvgIpc) is 1.00. The van der Waals surface area contributed by atoms with E-state index in [4.69, 9.17) is 0 Å². The van der Waals surface area contributed by atoms with Crippen LogP contribution in [0.4, 0.5) is 0 Å². The van der Waals surface area contributed by atoms with Crippen molar-refractivity contribution >= 4 is 0 Å². The van der Waals surface area contributed by atoms with Crippen LogP contribution in [-0.4, -0.2) is 0 Å². The summed E-state index contributed by atoms with van der Waals surface area (Å²) in [4.78, 5) is 0. The van der Waals surface area contributed by atoms with Crippen LogP contribution in [0.2, 0.25) is 0 Å². The Kier molecular flexibility index (Phi) is 111000. The molecule has 0 aliphatic carbocycles. The molecule has 0 aliphatic heterocycles. The Hall–Kier alpha value is 0.203. The van der Waals surface area contributed by atoms with Crippen molar-refractivity contribution < 1.29 is 19.5 Å². The molecule has 46 valence electrons. The molecule has 4 nitrogen and oxygen atoms in total. The molecule has 0 fully saturated rings. The minimum absolute atomic E-state index is 0. The topological polar surface area (TPSA) is 140 Å². The van der Waals surface area contributed by atoms with E-state index >= 15 is 0 Å². The van der Waals surface area contributed by atoms with Crippen molar-refractivity contribution in [2.24, 2.45) is 0 Å². The summed E-state index contributed by atoms with van der Waals surface area (Å²) in [6, 6.07) is 0. The molecule has 0 bridgehead atoms. The van der Waals surface area contributed by atoms with Gasteiger partial charge in [-0.05, 0) is 0 Å². The second-order valence-electron chi connectivity index (χ2n) is 0. The number of rotatable bonds is 0. The second kappa shape index (κ2) is 4060. The molecule has 0 aromatic heterocycles. The summed E-state index contributed by atoms with van der Waals surface area (Å²) in [5.41, 5.74) is 0. The Morgan fingerprint density at radius 1 is 0.571 bits per heavy atom. The zero-order valence-electron chi connectivity index (χ0n) is 4.95. The van der Waals surface area contributed by atoms with Crippen LogP contribution in [0.1, 0.15) is 0 Å². The van der Waals surface area contributed by atoms with Gasteiger partial charge in [-0.2, -0.15) is 0 Å². The fourth-order valence-corrected chi connectivity index (χ4v) is 0. The van der Waals surface area contributed by atoms with E-state index in [0.29, 0.717) is 0 Å². The zero-order chi connectivity index (χ0) is 2.00. The summed E-state index contributed by atoms with van der Waals surface area (Å²) in [6.45, 7) is 6.00. The monoisotopic (exact) mass is 160 g/mol. The third-order valence-electron chi connectivity index (χ3n) is 0. The van der Waals surface area contributed by atoms with Crippen LogP contribution in [0.5, 0.6) is 0 Å². The first-order chi connectivity index (χ1) is 1.00. The van der Waals surface area contributed by atoms with Crippen molar-refractivity contribution in [2.45, 2.75) is 0 Å². The van der Waals surface area contributed by atoms with E-state index in [1.807, 2.05) is 0 Å². The number of hydrogen-bond acceptors (Lipinski definition) is 4. The average molecular weight is 162 g/mol. The Labute approximate surface area is 57.8 Å². The Balaban J connectivity index is -0.000000000500. The Bertz CT molecular complexity index is 9.65. The van der Waals surface area contributed by atoms with E-state index in [1.54, 1.807) is 0 Å². The van der Waals surface area contributed by atoms with Gasteiger partial charge in [0.05, 0.1) is 0 Å². The van der Waals surface area contributed by atoms with E-state index in [-0.39, 0.29) is 44.1 Å². The summed E-state index contributed by atoms with van der Waals surface area (Å²) in [5, 5.41) is 0. The van der Waals surface area contributed by atoms with Gasteiger partial charge in [0.1, 0.15) is 0 Å². The molecule has 0 atom stereocenters. The molecule has 0 rings (SSSR count). The zero-order valence-corrected chi connectivity index (χ0v) is 7.92. The third kappa shape index (κ3) is 2650. The minimum Gasteiger partial charge on any atom is -0.344 e. The van der Waals surface area contributed by atoms with Crippen LogP contribution < -0.4 is 24.6 Å². The van der Waals surface area contributed by atoms with E-state index < -0.39 is 0 Å². The normalized spacial score (nSPS) is 0.571. The maximum atomic E-state index is 3.00. The van der Waals surface area contributed by atoms with Crippen molar-refractivity contribution in [1.82, 2.24) is 24.6 Å². The summed E-state index contributed by atoms with van der Waals surface area (Å²) in [5.74, 6) is 0. The third-order valence-corrected chi connectivity index (χ3v) is 0. The molecular formula is C2H16N4Zn. The van der Waals surface area contributed by atoms with Gasteiger partial charge < -0.3 is 24.6 Å². The molecule has 0 aromatic carbocycles. The predicted octanol–water partition coefficient (Wildman–Crippen LogP) is 1.45. The molecule has 5 heteroatoms. The molecule has 0 saturated carbocycles. The molecule has 0 unspecified atom stereocenters. The maximum absolute atomic E-state index is 3.00. The fraction of sp³-hybridized carbons (Fsp3) is 0. The van der Waals surface area contributed by atoms with Gasteiger partial charge in [-0.1, -0.05) is 0 Å². The molecule has 0 spiro atoms. The van der Waals surface area contributed by atoms with Crippen LogP contribution in [0.3, 0.4) is 0 Å². The fourth-order valence-electron chi connectivity index (χ4n) is 0. The first kappa shape index (κ1) is 191. The summed E-state index contributed by atoms with van der Waals surface area (Å²) < 4.78 is 0. The van der Waals surface area contributed by atoms with Gasteiger partial charge in [-0.15, -0.1) is 13.2 Å². The van der Waals surface area contributed by atoms with E-state index in [1.165, 1.54) is 0 Å². The van der Waals surface area contributed by atoms with Crippen molar-refractivity contribution in [1.29, 1.82) is 0 Å². The van der Waals surface area contributed by atoms with E-state index in [9.17, 15) is 0 Å². The predicted molar refractivity (Wildman–Crippen MR) is 31.3 cm³/mol. The van der Waals surface area contributed by atoms with Crippen LogP contribution in [0, 0.1) is 0 Å². The van der Waals surface area contributed by atoms with Gasteiger partial charge in [0, 0.05) is 19.5 Å². The van der Waals surface area contributed by atoms with Crippen molar-refractivity contribution in [3.63, 3.8) is 0 Å². The number of hydrogen-bond donors (Lipinski definition) is 4. The second-order valence-corrected chi connectivity index (χ2v) is 0. The first-order valence-corrected chi connectivity index (χ1v) is 0.500. The summed E-state index contributed by atoms with van der Waals surface area (Å²) in [7, 11) is 0. The van der Waals surface area contributed by atoms with Gasteiger partial charge in [-0.3, -0.25) is 0 Å². The maximum Gasteiger partial charge on any atom is 0 e. The molecular weight excluding hydrogens is 145 g/mol. The van der Waals surface area contributed by atoms with Crippen LogP contribution >= 0.6 is 0 Å². The van der Waals surface area contributed by atoms with Crippen molar-refractivity contribution in [3.05, 3.63) is 13.2 Å². The van der Waals surface area contributed by atoms with Crippen molar-refractivity contribution in [2.75, 3.05) is 0 Å². The quantitative estimate of drug-likeness (QED) is 0.315. The Morgan fingerprint density at radius 2 is 0.571 bits per heavy atom. The summed E-state index contributed by atoms with van der Waals surface area (Å²) >= 11 is 0. The minimum atomic E-state index is 0. The molecule has 0 aromatic rings. The standard InChI is InChI=1S/C2H4.4H3N.Zn/c1-2;;;;;/h1-2H2;4*1H3;. The molecule has 0 heterocycles. The largest absolute Gasteiger partial charge is 0.344 e. The first-order valence-electron chi connectivity index (χ1n) is 0.500. The van der Waals surface area contributed by atoms with Crippen molar-refractivity contribution in [3.8, 4) is 0 Å². The van der Waals surface area contributed by atoms with Crippen LogP contribution in [-0.2, 0) is 19.5 Å². The van der Waals surface area contributed by atoms with Gasteiger partial charge in [0.2, 0.25) is 0 Å². The molecule has 0 aliphatic rings. The molecule has 7 heavy (non-hydrogen) atoms. The summed E-state index contributed by atoms with van der Waals surface area (Å²) in [6.07, 6.45) is 0. The molecule has 0 amide bonds. The molecule has 12 N–H and O–H groups in total. The molecule has 0 saturated heterocycles. The van der Waals surface area contributed by atoms with Gasteiger partial charge in [0.15, 0.2) is 0 Å². The smallest absolute Gasteiger partial charge is 0 e. The van der Waals surface area contributed by atoms with Gasteiger partial charge in [-0.25, -0.2) is 0 Å². The van der Waals surface area contributed by atoms with Crippen LogP contribution in [0.15, 0.2) is 13.2 Å². The SMILES string of the molecule is C=C.N.N.N.N.[Zn]. The Morgan fingerprint density at radius 3 is 0.571 bits per heavy atom. The molecule has 0 radical (unpaired) electrons. The van der Waals surface area contributed by atoms with Gasteiger partial charge in [0.25, 0.3) is 0 Å². The van der Waals surface area contributed by atoms with E-state index in [2.05, 4.69) is 13.2 Å².